The number of hydrogen-bond acceptors (Lipinski definition) is 4. The molecule has 1 aromatic carbocycles. The lowest BCUT2D eigenvalue weighted by molar-refractivity contribution is 0.502. The van der Waals surface area contributed by atoms with Gasteiger partial charge >= 0.3 is 0 Å². The average Bonchev–Trinajstić information content (AvgIpc) is 3.37. The molecule has 0 atom stereocenters. The van der Waals surface area contributed by atoms with Crippen molar-refractivity contribution in [2.45, 2.75) is 20.0 Å². The zero-order valence-electron chi connectivity index (χ0n) is 14.9. The lowest BCUT2D eigenvalue weighted by atomic mass is 10.0. The topological polar surface area (TPSA) is 72.3 Å². The molecule has 0 aliphatic carbocycles. The highest BCUT2D eigenvalue weighted by Gasteiger charge is 2.06. The normalized spacial score (nSPS) is 10.7. The first kappa shape index (κ1) is 16.7. The molecule has 6 nitrogen and oxygen atoms in total. The lowest BCUT2D eigenvalue weighted by Crippen LogP contribution is -2.08. The molecule has 3 heterocycles. The van der Waals surface area contributed by atoms with Crippen LogP contribution in [-0.2, 0) is 13.1 Å². The van der Waals surface area contributed by atoms with E-state index in [9.17, 15) is 0 Å². The van der Waals surface area contributed by atoms with Crippen molar-refractivity contribution in [3.63, 3.8) is 0 Å². The largest absolute Gasteiger partial charge is 0.270 e. The minimum absolute atomic E-state index is 0.696. The molecule has 3 aromatic heterocycles. The van der Waals surface area contributed by atoms with Gasteiger partial charge < -0.3 is 0 Å². The van der Waals surface area contributed by atoms with E-state index in [1.165, 1.54) is 0 Å². The Hall–Kier alpha value is -3.72. The summed E-state index contributed by atoms with van der Waals surface area (Å²) in [4.78, 5) is 4.03. The van der Waals surface area contributed by atoms with Gasteiger partial charge in [0, 0.05) is 35.9 Å². The Kier molecular flexibility index (Phi) is 4.50. The summed E-state index contributed by atoms with van der Waals surface area (Å²) >= 11 is 0. The van der Waals surface area contributed by atoms with Gasteiger partial charge in [-0.2, -0.15) is 15.5 Å². The molecule has 0 saturated carbocycles. The quantitative estimate of drug-likeness (QED) is 0.548. The minimum atomic E-state index is 0.696. The molecule has 0 N–H and O–H groups in total. The number of aryl methyl sites for hydroxylation is 3. The van der Waals surface area contributed by atoms with Crippen LogP contribution in [0, 0.1) is 18.3 Å². The van der Waals surface area contributed by atoms with Crippen LogP contribution in [0.2, 0.25) is 0 Å². The summed E-state index contributed by atoms with van der Waals surface area (Å²) < 4.78 is 3.83. The zero-order chi connectivity index (χ0) is 18.6. The van der Waals surface area contributed by atoms with Crippen LogP contribution in [0.15, 0.2) is 67.3 Å². The Bertz CT molecular complexity index is 1100. The number of hydrogen-bond donors (Lipinski definition) is 0. The van der Waals surface area contributed by atoms with Gasteiger partial charge in [0.25, 0.3) is 0 Å². The van der Waals surface area contributed by atoms with Crippen molar-refractivity contribution in [2.75, 3.05) is 0 Å². The molecule has 0 spiro atoms. The summed E-state index contributed by atoms with van der Waals surface area (Å²) in [6, 6.07) is 15.9. The van der Waals surface area contributed by atoms with Crippen LogP contribution in [0.3, 0.4) is 0 Å². The number of rotatable bonds is 5. The highest BCUT2D eigenvalue weighted by atomic mass is 15.3. The fourth-order valence-electron chi connectivity index (χ4n) is 2.96. The van der Waals surface area contributed by atoms with Gasteiger partial charge in [-0.25, -0.2) is 0 Å². The van der Waals surface area contributed by atoms with Crippen molar-refractivity contribution in [1.82, 2.24) is 24.5 Å². The van der Waals surface area contributed by atoms with E-state index in [4.69, 9.17) is 5.26 Å². The van der Waals surface area contributed by atoms with Gasteiger partial charge in [0.15, 0.2) is 0 Å². The molecule has 27 heavy (non-hydrogen) atoms. The second-order valence-corrected chi connectivity index (χ2v) is 6.31. The van der Waals surface area contributed by atoms with E-state index < -0.39 is 0 Å². The van der Waals surface area contributed by atoms with E-state index in [0.717, 1.165) is 41.2 Å². The molecule has 0 aliphatic heterocycles. The SMILES string of the molecule is Cc1cc(-c2ccn(CCn3ccc(-c4ccncc4)n3)n2)ccc1C#N. The number of nitriles is 1. The highest BCUT2D eigenvalue weighted by Crippen LogP contribution is 2.20. The number of pyridine rings is 1. The molecule has 0 radical (unpaired) electrons. The maximum absolute atomic E-state index is 9.06. The first-order valence-electron chi connectivity index (χ1n) is 8.71. The second-order valence-electron chi connectivity index (χ2n) is 6.31. The number of nitrogens with zero attached hydrogens (tertiary/aromatic N) is 6. The second kappa shape index (κ2) is 7.26. The third-order valence-electron chi connectivity index (χ3n) is 4.46. The molecule has 0 fully saturated rings. The van der Waals surface area contributed by atoms with Gasteiger partial charge in [-0.3, -0.25) is 14.3 Å². The standard InChI is InChI=1S/C21H18N6/c1-16-14-18(2-3-19(16)15-22)21-7-11-27(25-21)13-12-26-10-6-20(24-26)17-4-8-23-9-5-17/h2-11,14H,12-13H2,1H3. The van der Waals surface area contributed by atoms with Crippen molar-refractivity contribution in [2.24, 2.45) is 0 Å². The fourth-order valence-corrected chi connectivity index (χ4v) is 2.96. The molecule has 132 valence electrons. The predicted octanol–water partition coefficient (Wildman–Crippen LogP) is 3.69. The smallest absolute Gasteiger partial charge is 0.0994 e. The molecule has 6 heteroatoms. The van der Waals surface area contributed by atoms with Gasteiger partial charge in [-0.15, -0.1) is 0 Å². The highest BCUT2D eigenvalue weighted by molar-refractivity contribution is 5.61. The Balaban J connectivity index is 1.44. The van der Waals surface area contributed by atoms with E-state index in [1.54, 1.807) is 12.4 Å². The van der Waals surface area contributed by atoms with Crippen molar-refractivity contribution >= 4 is 0 Å². The molecular formula is C21H18N6. The van der Waals surface area contributed by atoms with Gasteiger partial charge in [0.05, 0.1) is 36.1 Å². The van der Waals surface area contributed by atoms with Gasteiger partial charge in [-0.1, -0.05) is 6.07 Å². The lowest BCUT2D eigenvalue weighted by Gasteiger charge is -2.03. The molecule has 0 saturated heterocycles. The fraction of sp³-hybridized carbons (Fsp3) is 0.143. The van der Waals surface area contributed by atoms with Gasteiger partial charge in [0.1, 0.15) is 0 Å². The average molecular weight is 354 g/mol. The number of aromatic nitrogens is 5. The van der Waals surface area contributed by atoms with Crippen LogP contribution in [0.4, 0.5) is 0 Å². The van der Waals surface area contributed by atoms with Crippen LogP contribution >= 0.6 is 0 Å². The molecular weight excluding hydrogens is 336 g/mol. The summed E-state index contributed by atoms with van der Waals surface area (Å²) in [6.45, 7) is 3.41. The van der Waals surface area contributed by atoms with Crippen LogP contribution < -0.4 is 0 Å². The van der Waals surface area contributed by atoms with E-state index in [0.29, 0.717) is 5.56 Å². The monoisotopic (exact) mass is 354 g/mol. The third kappa shape index (κ3) is 3.62. The van der Waals surface area contributed by atoms with Gasteiger partial charge in [0.2, 0.25) is 0 Å². The Morgan fingerprint density at radius 3 is 2.07 bits per heavy atom. The Labute approximate surface area is 157 Å². The molecule has 4 aromatic rings. The Morgan fingerprint density at radius 1 is 0.852 bits per heavy atom. The summed E-state index contributed by atoms with van der Waals surface area (Å²) in [7, 11) is 0. The van der Waals surface area contributed by atoms with E-state index in [2.05, 4.69) is 21.3 Å². The van der Waals surface area contributed by atoms with Crippen LogP contribution in [0.1, 0.15) is 11.1 Å². The minimum Gasteiger partial charge on any atom is -0.270 e. The van der Waals surface area contributed by atoms with Crippen LogP contribution in [-0.4, -0.2) is 24.5 Å². The molecule has 0 unspecified atom stereocenters. The molecule has 0 aliphatic rings. The predicted molar refractivity (Wildman–Crippen MR) is 103 cm³/mol. The molecule has 0 bridgehead atoms. The van der Waals surface area contributed by atoms with Crippen molar-refractivity contribution in [1.29, 1.82) is 5.26 Å². The summed E-state index contributed by atoms with van der Waals surface area (Å²) in [5.74, 6) is 0. The van der Waals surface area contributed by atoms with Gasteiger partial charge in [-0.05, 0) is 48.9 Å². The summed E-state index contributed by atoms with van der Waals surface area (Å²) in [6.07, 6.45) is 7.48. The van der Waals surface area contributed by atoms with E-state index in [1.807, 2.05) is 71.1 Å². The number of benzene rings is 1. The Morgan fingerprint density at radius 2 is 1.48 bits per heavy atom. The van der Waals surface area contributed by atoms with Crippen LogP contribution in [0.5, 0.6) is 0 Å². The van der Waals surface area contributed by atoms with Crippen molar-refractivity contribution in [3.05, 3.63) is 78.4 Å². The molecule has 4 rings (SSSR count). The van der Waals surface area contributed by atoms with Crippen molar-refractivity contribution < 1.29 is 0 Å². The maximum atomic E-state index is 9.06. The van der Waals surface area contributed by atoms with Crippen LogP contribution in [0.25, 0.3) is 22.5 Å². The summed E-state index contributed by atoms with van der Waals surface area (Å²) in [5.41, 5.74) is 5.57. The molecule has 0 amide bonds. The van der Waals surface area contributed by atoms with E-state index >= 15 is 0 Å². The first-order valence-corrected chi connectivity index (χ1v) is 8.71. The van der Waals surface area contributed by atoms with Crippen molar-refractivity contribution in [3.8, 4) is 28.6 Å². The first-order chi connectivity index (χ1) is 13.2. The summed E-state index contributed by atoms with van der Waals surface area (Å²) in [5, 5.41) is 18.3. The maximum Gasteiger partial charge on any atom is 0.0994 e. The van der Waals surface area contributed by atoms with E-state index in [-0.39, 0.29) is 0 Å². The third-order valence-corrected chi connectivity index (χ3v) is 4.46. The zero-order valence-corrected chi connectivity index (χ0v) is 14.9.